The number of nitrogens with one attached hydrogen (secondary N) is 1. The molecule has 39 heavy (non-hydrogen) atoms. The number of para-hydroxylation sites is 1. The van der Waals surface area contributed by atoms with Crippen molar-refractivity contribution in [2.24, 2.45) is 5.92 Å². The van der Waals surface area contributed by atoms with Gasteiger partial charge in [0.25, 0.3) is 11.6 Å². The van der Waals surface area contributed by atoms with Crippen molar-refractivity contribution < 1.29 is 18.9 Å². The van der Waals surface area contributed by atoms with Gasteiger partial charge in [-0.15, -0.1) is 0 Å². The van der Waals surface area contributed by atoms with Crippen molar-refractivity contribution in [3.05, 3.63) is 112 Å². The molecule has 0 unspecified atom stereocenters. The van der Waals surface area contributed by atoms with Gasteiger partial charge in [0.05, 0.1) is 4.92 Å². The van der Waals surface area contributed by atoms with Crippen LogP contribution in [0.3, 0.4) is 0 Å². The fourth-order valence-electron chi connectivity index (χ4n) is 4.55. The third-order valence-electron chi connectivity index (χ3n) is 6.47. The van der Waals surface area contributed by atoms with Crippen LogP contribution in [0.25, 0.3) is 10.9 Å². The topological polar surface area (TPSA) is 99.6 Å². The number of H-pyrrole nitrogens is 1. The molecule has 2 amide bonds. The van der Waals surface area contributed by atoms with Crippen LogP contribution in [0.2, 0.25) is 0 Å². The van der Waals surface area contributed by atoms with Gasteiger partial charge in [-0.1, -0.05) is 50.2 Å². The predicted molar refractivity (Wildman–Crippen MR) is 148 cm³/mol. The molecule has 0 spiro atoms. The monoisotopic (exact) mass is 530 g/mol. The van der Waals surface area contributed by atoms with Crippen LogP contribution >= 0.6 is 0 Å². The van der Waals surface area contributed by atoms with Crippen molar-refractivity contribution in [3.8, 4) is 0 Å². The van der Waals surface area contributed by atoms with E-state index in [0.717, 1.165) is 22.0 Å². The minimum atomic E-state index is -0.552. The minimum absolute atomic E-state index is 0.0669. The number of aromatic nitrogens is 1. The number of benzene rings is 3. The summed E-state index contributed by atoms with van der Waals surface area (Å²) < 4.78 is 13.5. The summed E-state index contributed by atoms with van der Waals surface area (Å²) >= 11 is 0. The smallest absolute Gasteiger partial charge is 0.270 e. The average molecular weight is 531 g/mol. The molecule has 0 radical (unpaired) electrons. The van der Waals surface area contributed by atoms with Gasteiger partial charge in [-0.2, -0.15) is 0 Å². The molecule has 0 aliphatic heterocycles. The number of non-ortho nitro benzene ring substituents is 1. The Labute approximate surface area is 226 Å². The van der Waals surface area contributed by atoms with Crippen LogP contribution < -0.4 is 0 Å². The Morgan fingerprint density at radius 1 is 1.00 bits per heavy atom. The Kier molecular flexibility index (Phi) is 8.70. The first-order valence-corrected chi connectivity index (χ1v) is 12.8. The van der Waals surface area contributed by atoms with Gasteiger partial charge < -0.3 is 14.8 Å². The summed E-state index contributed by atoms with van der Waals surface area (Å²) in [6, 6.07) is 19.4. The number of amides is 2. The molecule has 3 aromatic carbocycles. The quantitative estimate of drug-likeness (QED) is 0.202. The van der Waals surface area contributed by atoms with Crippen LogP contribution in [0.1, 0.15) is 35.3 Å². The molecule has 0 saturated heterocycles. The number of nitrogens with zero attached hydrogens (tertiary/aromatic N) is 3. The van der Waals surface area contributed by atoms with Crippen molar-refractivity contribution >= 4 is 28.4 Å². The summed E-state index contributed by atoms with van der Waals surface area (Å²) in [5.74, 6) is -1.00. The third kappa shape index (κ3) is 7.07. The number of hydrogen-bond donors (Lipinski definition) is 1. The van der Waals surface area contributed by atoms with Crippen LogP contribution in [0.4, 0.5) is 10.1 Å². The number of carbonyl (C=O) groups is 2. The van der Waals surface area contributed by atoms with E-state index in [1.54, 1.807) is 17.0 Å². The Hall–Kier alpha value is -4.53. The van der Waals surface area contributed by atoms with Gasteiger partial charge in [-0.25, -0.2) is 4.39 Å². The number of carbonyl (C=O) groups excluding carboxylic acids is 2. The van der Waals surface area contributed by atoms with E-state index in [4.69, 9.17) is 0 Å². The molecule has 0 saturated carbocycles. The number of aromatic amines is 1. The maximum absolute atomic E-state index is 13.7. The molecule has 8 nitrogen and oxygen atoms in total. The van der Waals surface area contributed by atoms with Gasteiger partial charge in [-0.3, -0.25) is 19.7 Å². The van der Waals surface area contributed by atoms with Crippen molar-refractivity contribution in [1.29, 1.82) is 0 Å². The third-order valence-corrected chi connectivity index (χ3v) is 6.47. The van der Waals surface area contributed by atoms with Gasteiger partial charge >= 0.3 is 0 Å². The Morgan fingerprint density at radius 3 is 2.46 bits per heavy atom. The maximum atomic E-state index is 13.7. The van der Waals surface area contributed by atoms with Crippen molar-refractivity contribution in [2.75, 3.05) is 19.6 Å². The highest BCUT2D eigenvalue weighted by atomic mass is 19.1. The number of nitro benzene ring substituents is 1. The molecule has 0 bridgehead atoms. The zero-order valence-electron chi connectivity index (χ0n) is 22.0. The number of rotatable bonds is 11. The van der Waals surface area contributed by atoms with Crippen LogP contribution in [0, 0.1) is 21.8 Å². The van der Waals surface area contributed by atoms with Crippen LogP contribution in [0.5, 0.6) is 0 Å². The highest BCUT2D eigenvalue weighted by Crippen LogP contribution is 2.20. The van der Waals surface area contributed by atoms with Crippen LogP contribution in [0.15, 0.2) is 79.0 Å². The molecule has 0 aliphatic rings. The standard InChI is InChI=1S/C30H31FN4O4/c1-21(2)18-34(30(37)23-6-5-7-26(16-23)35(38)39)20-29(36)33(19-22-10-12-25(31)13-11-22)15-14-24-17-32-28-9-4-3-8-27(24)28/h3-13,16-17,21,32H,14-15,18-20H2,1-2H3. The lowest BCUT2D eigenvalue weighted by atomic mass is 10.1. The lowest BCUT2D eigenvalue weighted by Crippen LogP contribution is -2.44. The minimum Gasteiger partial charge on any atom is -0.361 e. The molecule has 1 heterocycles. The largest absolute Gasteiger partial charge is 0.361 e. The van der Waals surface area contributed by atoms with Gasteiger partial charge in [0.2, 0.25) is 5.91 Å². The molecular weight excluding hydrogens is 499 g/mol. The molecule has 9 heteroatoms. The summed E-state index contributed by atoms with van der Waals surface area (Å²) in [6.07, 6.45) is 2.52. The maximum Gasteiger partial charge on any atom is 0.270 e. The van der Waals surface area contributed by atoms with E-state index in [2.05, 4.69) is 4.98 Å². The van der Waals surface area contributed by atoms with E-state index in [0.29, 0.717) is 19.5 Å². The lowest BCUT2D eigenvalue weighted by molar-refractivity contribution is -0.384. The molecular formula is C30H31FN4O4. The lowest BCUT2D eigenvalue weighted by Gasteiger charge is -2.29. The fraction of sp³-hybridized carbons (Fsp3) is 0.267. The first kappa shape index (κ1) is 27.5. The van der Waals surface area contributed by atoms with Gasteiger partial charge in [0.1, 0.15) is 12.4 Å². The highest BCUT2D eigenvalue weighted by molar-refractivity contribution is 5.97. The van der Waals surface area contributed by atoms with E-state index in [1.165, 1.54) is 41.3 Å². The molecule has 4 rings (SSSR count). The number of fused-ring (bicyclic) bond motifs is 1. The van der Waals surface area contributed by atoms with Gasteiger partial charge in [-0.05, 0) is 47.7 Å². The Bertz CT molecular complexity index is 1470. The van der Waals surface area contributed by atoms with E-state index in [9.17, 15) is 24.1 Å². The summed E-state index contributed by atoms with van der Waals surface area (Å²) in [5.41, 5.74) is 2.81. The molecule has 1 aromatic heterocycles. The van der Waals surface area contributed by atoms with Gasteiger partial charge in [0, 0.05) is 54.4 Å². The number of nitro groups is 1. The number of hydrogen-bond acceptors (Lipinski definition) is 4. The zero-order valence-corrected chi connectivity index (χ0v) is 22.0. The number of halogens is 1. The molecule has 1 N–H and O–H groups in total. The second-order valence-corrected chi connectivity index (χ2v) is 9.94. The molecule has 0 fully saturated rings. The predicted octanol–water partition coefficient (Wildman–Crippen LogP) is 5.58. The van der Waals surface area contributed by atoms with Gasteiger partial charge in [0.15, 0.2) is 0 Å². The zero-order chi connectivity index (χ0) is 27.9. The first-order chi connectivity index (χ1) is 18.7. The molecule has 0 aliphatic carbocycles. The fourth-order valence-corrected chi connectivity index (χ4v) is 4.55. The second kappa shape index (κ2) is 12.3. The molecule has 202 valence electrons. The van der Waals surface area contributed by atoms with E-state index in [-0.39, 0.29) is 42.0 Å². The van der Waals surface area contributed by atoms with Crippen molar-refractivity contribution in [1.82, 2.24) is 14.8 Å². The highest BCUT2D eigenvalue weighted by Gasteiger charge is 2.24. The molecule has 0 atom stereocenters. The first-order valence-electron chi connectivity index (χ1n) is 12.8. The van der Waals surface area contributed by atoms with Crippen molar-refractivity contribution in [2.45, 2.75) is 26.8 Å². The molecule has 4 aromatic rings. The SMILES string of the molecule is CC(C)CN(CC(=O)N(CCc1c[nH]c2ccccc12)Cc1ccc(F)cc1)C(=O)c1cccc([N+](=O)[O-])c1. The van der Waals surface area contributed by atoms with Crippen LogP contribution in [-0.2, 0) is 17.8 Å². The van der Waals surface area contributed by atoms with E-state index < -0.39 is 10.8 Å². The van der Waals surface area contributed by atoms with Crippen LogP contribution in [-0.4, -0.2) is 51.2 Å². The summed E-state index contributed by atoms with van der Waals surface area (Å²) in [6.45, 7) is 4.63. The Balaban J connectivity index is 1.56. The van der Waals surface area contributed by atoms with E-state index >= 15 is 0 Å². The second-order valence-electron chi connectivity index (χ2n) is 9.94. The van der Waals surface area contributed by atoms with Crippen molar-refractivity contribution in [3.63, 3.8) is 0 Å². The summed E-state index contributed by atoms with van der Waals surface area (Å²) in [7, 11) is 0. The summed E-state index contributed by atoms with van der Waals surface area (Å²) in [5, 5.41) is 12.3. The average Bonchev–Trinajstić information content (AvgIpc) is 3.34. The Morgan fingerprint density at radius 2 is 1.74 bits per heavy atom. The normalized spacial score (nSPS) is 11.1. The van der Waals surface area contributed by atoms with E-state index in [1.807, 2.05) is 44.3 Å². The summed E-state index contributed by atoms with van der Waals surface area (Å²) in [4.78, 5) is 44.1.